The zero-order valence-electron chi connectivity index (χ0n) is 29.7. The van der Waals surface area contributed by atoms with Crippen molar-refractivity contribution in [2.75, 3.05) is 39.3 Å². The van der Waals surface area contributed by atoms with Crippen LogP contribution in [0.15, 0.2) is 117 Å². The predicted molar refractivity (Wildman–Crippen MR) is 202 cm³/mol. The Balaban J connectivity index is 1.53. The quantitative estimate of drug-likeness (QED) is 0.132. The summed E-state index contributed by atoms with van der Waals surface area (Å²) in [6, 6.07) is 25.2. The first-order chi connectivity index (χ1) is 24.4. The van der Waals surface area contributed by atoms with Crippen molar-refractivity contribution < 1.29 is 33.7 Å². The summed E-state index contributed by atoms with van der Waals surface area (Å²) < 4.78 is 114. The highest BCUT2D eigenvalue weighted by atomic mass is 32.2. The van der Waals surface area contributed by atoms with Gasteiger partial charge in [0.25, 0.3) is 0 Å². The molecule has 0 aliphatic rings. The van der Waals surface area contributed by atoms with Gasteiger partial charge >= 0.3 is 0 Å². The zero-order chi connectivity index (χ0) is 38.2. The molecule has 0 spiro atoms. The van der Waals surface area contributed by atoms with Crippen molar-refractivity contribution in [1.29, 1.82) is 0 Å². The van der Waals surface area contributed by atoms with E-state index in [1.165, 1.54) is 48.5 Å². The maximum absolute atomic E-state index is 13.9. The molecule has 0 heterocycles. The second-order valence-electron chi connectivity index (χ2n) is 12.6. The lowest BCUT2D eigenvalue weighted by Gasteiger charge is -2.27. The Labute approximate surface area is 309 Å². The molecule has 0 saturated heterocycles. The van der Waals surface area contributed by atoms with E-state index in [1.54, 1.807) is 48.5 Å². The monoisotopic (exact) mass is 790 g/mol. The van der Waals surface area contributed by atoms with Gasteiger partial charge in [-0.1, -0.05) is 70.8 Å². The van der Waals surface area contributed by atoms with Crippen molar-refractivity contribution in [3.05, 3.63) is 119 Å². The topological polar surface area (TPSA) is 167 Å². The van der Waals surface area contributed by atoms with Crippen molar-refractivity contribution in [3.8, 4) is 0 Å². The summed E-state index contributed by atoms with van der Waals surface area (Å²) in [6.07, 6.45) is 0.198. The Bertz CT molecular complexity index is 2070. The summed E-state index contributed by atoms with van der Waals surface area (Å²) in [5.41, 5.74) is 3.50. The Morgan fingerprint density at radius 2 is 0.635 bits per heavy atom. The second kappa shape index (κ2) is 17.6. The molecule has 0 bridgehead atoms. The van der Waals surface area contributed by atoms with E-state index < -0.39 is 40.1 Å². The van der Waals surface area contributed by atoms with E-state index in [0.29, 0.717) is 0 Å². The van der Waals surface area contributed by atoms with Gasteiger partial charge in [0.1, 0.15) is 0 Å². The highest BCUT2D eigenvalue weighted by molar-refractivity contribution is 7.90. The van der Waals surface area contributed by atoms with Crippen LogP contribution in [0.2, 0.25) is 0 Å². The fourth-order valence-corrected chi connectivity index (χ4v) is 10.3. The second-order valence-corrected chi connectivity index (χ2v) is 20.0. The molecule has 16 heteroatoms. The predicted octanol–water partition coefficient (Wildman–Crippen LogP) is 4.34. The van der Waals surface area contributed by atoms with Crippen LogP contribution in [0.1, 0.15) is 35.1 Å². The summed E-state index contributed by atoms with van der Waals surface area (Å²) in [7, 11) is -16.0. The van der Waals surface area contributed by atoms with Crippen LogP contribution in [-0.4, -0.2) is 81.6 Å². The minimum absolute atomic E-state index is 0.0109. The summed E-state index contributed by atoms with van der Waals surface area (Å²) in [5.74, 6) is 0. The van der Waals surface area contributed by atoms with Crippen LogP contribution in [0.25, 0.3) is 0 Å². The van der Waals surface area contributed by atoms with Crippen LogP contribution in [-0.2, 0) is 40.1 Å². The largest absolute Gasteiger partial charge is 0.243 e. The normalized spacial score (nSPS) is 12.8. The molecule has 282 valence electrons. The van der Waals surface area contributed by atoms with Crippen LogP contribution in [0.5, 0.6) is 0 Å². The van der Waals surface area contributed by atoms with E-state index in [2.05, 4.69) is 9.44 Å². The molecular weight excluding hydrogens is 745 g/mol. The number of hydrogen-bond acceptors (Lipinski definition) is 8. The molecule has 0 unspecified atom stereocenters. The van der Waals surface area contributed by atoms with Crippen molar-refractivity contribution in [3.63, 3.8) is 0 Å². The van der Waals surface area contributed by atoms with Gasteiger partial charge in [0.15, 0.2) is 0 Å². The van der Waals surface area contributed by atoms with Crippen molar-refractivity contribution in [2.45, 2.75) is 60.1 Å². The van der Waals surface area contributed by atoms with Crippen molar-refractivity contribution in [2.24, 2.45) is 0 Å². The lowest BCUT2D eigenvalue weighted by Crippen LogP contribution is -2.43. The molecular formula is C36H46N4O8S4. The number of aryl methyl sites for hydroxylation is 4. The van der Waals surface area contributed by atoms with Crippen molar-refractivity contribution >= 4 is 40.1 Å². The summed E-state index contributed by atoms with van der Waals surface area (Å²) in [4.78, 5) is 0.189. The van der Waals surface area contributed by atoms with Crippen LogP contribution in [0, 0.1) is 27.7 Å². The van der Waals surface area contributed by atoms with Gasteiger partial charge in [-0.25, -0.2) is 43.1 Å². The Morgan fingerprint density at radius 1 is 0.385 bits per heavy atom. The third kappa shape index (κ3) is 11.0. The standard InChI is InChI=1S/C36H46N4O8S4/c1-29-7-15-33(16-8-29)49(41,42)37-23-5-25-39(51(45,46)35-19-11-31(3)12-20-35)27-28-40(52(47,48)36-21-13-32(4)14-22-36)26-6-24-38-50(43,44)34-17-9-30(2)10-18-34/h7-22,37-38H,5-6,23-28H2,1-4H3. The number of benzene rings is 4. The molecule has 4 rings (SSSR count). The van der Waals surface area contributed by atoms with Gasteiger partial charge in [-0.15, -0.1) is 0 Å². The first kappa shape index (κ1) is 41.3. The fraction of sp³-hybridized carbons (Fsp3) is 0.333. The van der Waals surface area contributed by atoms with Gasteiger partial charge < -0.3 is 0 Å². The molecule has 0 atom stereocenters. The lowest BCUT2D eigenvalue weighted by atomic mass is 10.2. The number of nitrogens with one attached hydrogen (secondary N) is 2. The van der Waals surface area contributed by atoms with Crippen LogP contribution in [0.3, 0.4) is 0 Å². The maximum atomic E-state index is 13.9. The molecule has 0 saturated carbocycles. The molecule has 4 aromatic carbocycles. The SMILES string of the molecule is Cc1ccc(S(=O)(=O)NCCCN(CCN(CCCNS(=O)(=O)c2ccc(C)cc2)S(=O)(=O)c2ccc(C)cc2)S(=O)(=O)c2ccc(C)cc2)cc1. The zero-order valence-corrected chi connectivity index (χ0v) is 33.0. The summed E-state index contributed by atoms with van der Waals surface area (Å²) >= 11 is 0. The van der Waals surface area contributed by atoms with Gasteiger partial charge in [0.2, 0.25) is 40.1 Å². The molecule has 0 radical (unpaired) electrons. The highest BCUT2D eigenvalue weighted by Gasteiger charge is 2.29. The average Bonchev–Trinajstić information content (AvgIpc) is 3.09. The lowest BCUT2D eigenvalue weighted by molar-refractivity contribution is 0.338. The Kier molecular flexibility index (Phi) is 13.9. The third-order valence-corrected chi connectivity index (χ3v) is 15.1. The molecule has 0 aliphatic heterocycles. The number of nitrogens with zero attached hydrogens (tertiary/aromatic N) is 2. The van der Waals surface area contributed by atoms with Gasteiger partial charge in [-0.2, -0.15) is 8.61 Å². The molecule has 4 aromatic rings. The number of rotatable bonds is 19. The molecule has 52 heavy (non-hydrogen) atoms. The molecule has 12 nitrogen and oxygen atoms in total. The maximum Gasteiger partial charge on any atom is 0.243 e. The van der Waals surface area contributed by atoms with Gasteiger partial charge in [-0.05, 0) is 89.1 Å². The Morgan fingerprint density at radius 3 is 0.904 bits per heavy atom. The fourth-order valence-electron chi connectivity index (χ4n) is 5.17. The van der Waals surface area contributed by atoms with Gasteiger partial charge in [0, 0.05) is 39.3 Å². The summed E-state index contributed by atoms with van der Waals surface area (Å²) in [5, 5.41) is 0. The van der Waals surface area contributed by atoms with E-state index in [9.17, 15) is 33.7 Å². The molecule has 0 aliphatic carbocycles. The van der Waals surface area contributed by atoms with Crippen LogP contribution in [0.4, 0.5) is 0 Å². The first-order valence-corrected chi connectivity index (χ1v) is 22.5. The van der Waals surface area contributed by atoms with E-state index in [1.807, 2.05) is 27.7 Å². The molecule has 0 aromatic heterocycles. The van der Waals surface area contributed by atoms with E-state index >= 15 is 0 Å². The smallest absolute Gasteiger partial charge is 0.211 e. The minimum atomic E-state index is -4.14. The molecule has 2 N–H and O–H groups in total. The van der Waals surface area contributed by atoms with Crippen LogP contribution >= 0.6 is 0 Å². The van der Waals surface area contributed by atoms with Gasteiger partial charge in [0.05, 0.1) is 19.6 Å². The number of hydrogen-bond donors (Lipinski definition) is 2. The highest BCUT2D eigenvalue weighted by Crippen LogP contribution is 2.21. The van der Waals surface area contributed by atoms with Gasteiger partial charge in [-0.3, -0.25) is 0 Å². The van der Waals surface area contributed by atoms with Crippen molar-refractivity contribution in [1.82, 2.24) is 18.1 Å². The minimum Gasteiger partial charge on any atom is -0.211 e. The first-order valence-electron chi connectivity index (χ1n) is 16.7. The van der Waals surface area contributed by atoms with Crippen LogP contribution < -0.4 is 9.44 Å². The molecule has 0 fully saturated rings. The van der Waals surface area contributed by atoms with E-state index in [-0.39, 0.29) is 71.7 Å². The summed E-state index contributed by atoms with van der Waals surface area (Å²) in [6.45, 7) is 6.48. The van der Waals surface area contributed by atoms with E-state index in [4.69, 9.17) is 0 Å². The third-order valence-electron chi connectivity index (χ3n) is 8.33. The Hall–Kier alpha value is -3.48. The average molecular weight is 791 g/mol. The number of sulfonamides is 4. The molecule has 0 amide bonds. The van der Waals surface area contributed by atoms with E-state index in [0.717, 1.165) is 30.9 Å².